The van der Waals surface area contributed by atoms with E-state index in [1.807, 2.05) is 48.8 Å². The summed E-state index contributed by atoms with van der Waals surface area (Å²) in [5.41, 5.74) is 8.95. The Morgan fingerprint density at radius 3 is 1.92 bits per heavy atom. The fourth-order valence-electron chi connectivity index (χ4n) is 7.15. The minimum absolute atomic E-state index is 0.0728. The van der Waals surface area contributed by atoms with Crippen LogP contribution in [0.5, 0.6) is 0 Å². The van der Waals surface area contributed by atoms with Crippen molar-refractivity contribution >= 4 is 29.0 Å². The number of anilines is 1. The maximum atomic E-state index is 13.3. The van der Waals surface area contributed by atoms with E-state index in [-0.39, 0.29) is 5.91 Å². The zero-order valence-corrected chi connectivity index (χ0v) is 27.5. The largest absolute Gasteiger partial charge is 0.299 e. The van der Waals surface area contributed by atoms with Crippen LogP contribution in [0, 0.1) is 0 Å². The fourth-order valence-corrected chi connectivity index (χ4v) is 7.26. The predicted octanol–water partition coefficient (Wildman–Crippen LogP) is 8.91. The molecule has 9 rings (SSSR count). The number of rotatable bonds is 7. The summed E-state index contributed by atoms with van der Waals surface area (Å²) in [7, 11) is 0. The van der Waals surface area contributed by atoms with E-state index in [1.165, 1.54) is 0 Å². The number of hydrogen-bond donors (Lipinski definition) is 0. The Kier molecular flexibility index (Phi) is 7.14. The SMILES string of the molecule is O=C1c2ccc(-c3cnc4ccc(-c5cnn(C(c6ccccc6)(c6ccccc6)c6ccccc6)c5)cn34)cc2CN1c1ccc(Cl)cn1. The van der Waals surface area contributed by atoms with E-state index in [0.717, 1.165) is 50.3 Å². The molecular weight excluding hydrogens is 640 g/mol. The molecule has 7 nitrogen and oxygen atoms in total. The first-order valence-corrected chi connectivity index (χ1v) is 16.7. The monoisotopic (exact) mass is 668 g/mol. The van der Waals surface area contributed by atoms with Crippen LogP contribution >= 0.6 is 11.6 Å². The van der Waals surface area contributed by atoms with Crippen LogP contribution in [0.2, 0.25) is 5.02 Å². The zero-order chi connectivity index (χ0) is 33.7. The number of imidazole rings is 1. The highest BCUT2D eigenvalue weighted by Crippen LogP contribution is 2.41. The number of nitrogens with zero attached hydrogens (tertiary/aromatic N) is 6. The van der Waals surface area contributed by atoms with Crippen LogP contribution in [0.1, 0.15) is 32.6 Å². The van der Waals surface area contributed by atoms with Crippen molar-refractivity contribution in [2.75, 3.05) is 4.90 Å². The van der Waals surface area contributed by atoms with Crippen molar-refractivity contribution in [2.45, 2.75) is 12.1 Å². The summed E-state index contributed by atoms with van der Waals surface area (Å²) in [6.07, 6.45) is 9.61. The van der Waals surface area contributed by atoms with Gasteiger partial charge >= 0.3 is 0 Å². The van der Waals surface area contributed by atoms with Crippen LogP contribution in [0.15, 0.2) is 164 Å². The van der Waals surface area contributed by atoms with Gasteiger partial charge in [0.2, 0.25) is 0 Å². The normalized spacial score (nSPS) is 12.8. The summed E-state index contributed by atoms with van der Waals surface area (Å²) in [5, 5.41) is 5.60. The molecule has 0 unspecified atom stereocenters. The Balaban J connectivity index is 1.12. The maximum Gasteiger partial charge on any atom is 0.260 e. The number of amides is 1. The average Bonchev–Trinajstić information content (AvgIpc) is 3.91. The van der Waals surface area contributed by atoms with Crippen LogP contribution < -0.4 is 4.90 Å². The number of carbonyl (C=O) groups is 1. The molecule has 0 aliphatic carbocycles. The third kappa shape index (κ3) is 4.82. The summed E-state index contributed by atoms with van der Waals surface area (Å²) in [6.45, 7) is 0.434. The number of hydrogen-bond acceptors (Lipinski definition) is 4. The second-order valence-corrected chi connectivity index (χ2v) is 12.8. The van der Waals surface area contributed by atoms with Crippen molar-refractivity contribution in [3.8, 4) is 22.4 Å². The molecule has 50 heavy (non-hydrogen) atoms. The lowest BCUT2D eigenvalue weighted by Crippen LogP contribution is -2.38. The molecule has 1 aliphatic heterocycles. The number of pyridine rings is 2. The lowest BCUT2D eigenvalue weighted by atomic mass is 9.77. The molecule has 0 bridgehead atoms. The molecule has 0 atom stereocenters. The van der Waals surface area contributed by atoms with Crippen LogP contribution in [0.25, 0.3) is 28.0 Å². The van der Waals surface area contributed by atoms with Gasteiger partial charge in [0.05, 0.1) is 29.7 Å². The Labute approximate surface area is 293 Å². The summed E-state index contributed by atoms with van der Waals surface area (Å²) in [6, 6.07) is 45.2. The van der Waals surface area contributed by atoms with E-state index in [1.54, 1.807) is 23.2 Å². The first kappa shape index (κ1) is 29.8. The van der Waals surface area contributed by atoms with E-state index in [9.17, 15) is 4.79 Å². The standard InChI is InChI=1S/C42H29ClN6O/c43-36-18-21-40(44-24-36)48-27-31-22-29(16-19-37(31)41(48)50)38-25-45-39-20-17-30(26-47(38)39)32-23-46-49(28-32)42(33-10-4-1-5-11-33,34-12-6-2-7-13-34)35-14-8-3-9-15-35/h1-26,28H,27H2. The average molecular weight is 669 g/mol. The number of carbonyl (C=O) groups excluding carboxylic acids is 1. The van der Waals surface area contributed by atoms with Gasteiger partial charge in [0, 0.05) is 40.8 Å². The van der Waals surface area contributed by atoms with Crippen molar-refractivity contribution in [1.82, 2.24) is 24.1 Å². The van der Waals surface area contributed by atoms with Gasteiger partial charge < -0.3 is 0 Å². The Hall–Kier alpha value is -6.31. The highest BCUT2D eigenvalue weighted by Gasteiger charge is 2.39. The topological polar surface area (TPSA) is 68.3 Å². The highest BCUT2D eigenvalue weighted by molar-refractivity contribution is 6.30. The molecule has 240 valence electrons. The highest BCUT2D eigenvalue weighted by atomic mass is 35.5. The minimum Gasteiger partial charge on any atom is -0.299 e. The second kappa shape index (κ2) is 12.0. The molecule has 0 fully saturated rings. The van der Waals surface area contributed by atoms with E-state index in [0.29, 0.717) is 22.9 Å². The molecule has 0 N–H and O–H groups in total. The van der Waals surface area contributed by atoms with Gasteiger partial charge in [-0.05, 0) is 58.7 Å². The van der Waals surface area contributed by atoms with E-state index in [2.05, 4.69) is 111 Å². The fraction of sp³-hybridized carbons (Fsp3) is 0.0476. The van der Waals surface area contributed by atoms with Gasteiger partial charge in [-0.3, -0.25) is 18.8 Å². The third-order valence-corrected chi connectivity index (χ3v) is 9.76. The summed E-state index contributed by atoms with van der Waals surface area (Å²) < 4.78 is 4.18. The van der Waals surface area contributed by atoms with Crippen molar-refractivity contribution < 1.29 is 4.79 Å². The number of aromatic nitrogens is 5. The van der Waals surface area contributed by atoms with Gasteiger partial charge in [0.25, 0.3) is 5.91 Å². The Morgan fingerprint density at radius 2 is 1.28 bits per heavy atom. The smallest absolute Gasteiger partial charge is 0.260 e. The molecule has 4 aromatic carbocycles. The summed E-state index contributed by atoms with van der Waals surface area (Å²) in [4.78, 5) is 24.0. The number of halogens is 1. The molecular formula is C42H29ClN6O. The predicted molar refractivity (Wildman–Crippen MR) is 196 cm³/mol. The second-order valence-electron chi connectivity index (χ2n) is 12.4. The molecule has 0 saturated heterocycles. The third-order valence-electron chi connectivity index (χ3n) is 9.53. The first-order chi connectivity index (χ1) is 24.6. The van der Waals surface area contributed by atoms with Gasteiger partial charge in [-0.2, -0.15) is 5.10 Å². The van der Waals surface area contributed by atoms with Crippen LogP contribution in [-0.4, -0.2) is 30.1 Å². The molecule has 0 spiro atoms. The molecule has 8 aromatic rings. The van der Waals surface area contributed by atoms with Gasteiger partial charge in [0.15, 0.2) is 0 Å². The first-order valence-electron chi connectivity index (χ1n) is 16.4. The quantitative estimate of drug-likeness (QED) is 0.159. The molecule has 0 radical (unpaired) electrons. The molecule has 8 heteroatoms. The molecule has 0 saturated carbocycles. The van der Waals surface area contributed by atoms with E-state index in [4.69, 9.17) is 21.7 Å². The Bertz CT molecular complexity index is 2400. The van der Waals surface area contributed by atoms with Crippen LogP contribution in [0.4, 0.5) is 5.82 Å². The Morgan fingerprint density at radius 1 is 0.620 bits per heavy atom. The van der Waals surface area contributed by atoms with Crippen molar-refractivity contribution in [2.24, 2.45) is 0 Å². The van der Waals surface area contributed by atoms with Crippen molar-refractivity contribution in [3.05, 3.63) is 197 Å². The van der Waals surface area contributed by atoms with Crippen molar-refractivity contribution in [1.29, 1.82) is 0 Å². The number of fused-ring (bicyclic) bond motifs is 2. The van der Waals surface area contributed by atoms with Gasteiger partial charge in [-0.25, -0.2) is 9.97 Å². The lowest BCUT2D eigenvalue weighted by molar-refractivity contribution is 0.0996. The van der Waals surface area contributed by atoms with Gasteiger partial charge in [-0.1, -0.05) is 109 Å². The van der Waals surface area contributed by atoms with Crippen LogP contribution in [-0.2, 0) is 12.1 Å². The van der Waals surface area contributed by atoms with E-state index >= 15 is 0 Å². The molecule has 5 heterocycles. The lowest BCUT2D eigenvalue weighted by Gasteiger charge is -2.36. The minimum atomic E-state index is -0.705. The van der Waals surface area contributed by atoms with Crippen molar-refractivity contribution in [3.63, 3.8) is 0 Å². The van der Waals surface area contributed by atoms with Gasteiger partial charge in [-0.15, -0.1) is 0 Å². The zero-order valence-electron chi connectivity index (χ0n) is 26.8. The van der Waals surface area contributed by atoms with Crippen LogP contribution in [0.3, 0.4) is 0 Å². The number of benzene rings is 4. The molecule has 4 aromatic heterocycles. The molecule has 1 aliphatic rings. The molecule has 1 amide bonds. The summed E-state index contributed by atoms with van der Waals surface area (Å²) >= 11 is 6.04. The van der Waals surface area contributed by atoms with Gasteiger partial charge in [0.1, 0.15) is 17.0 Å². The summed E-state index contributed by atoms with van der Waals surface area (Å²) in [5.74, 6) is 0.504. The van der Waals surface area contributed by atoms with E-state index < -0.39 is 5.54 Å². The maximum absolute atomic E-state index is 13.3.